The van der Waals surface area contributed by atoms with Crippen LogP contribution in [0.4, 0.5) is 19.1 Å². The predicted molar refractivity (Wildman–Crippen MR) is 92.2 cm³/mol. The van der Waals surface area contributed by atoms with E-state index in [9.17, 15) is 18.0 Å². The summed E-state index contributed by atoms with van der Waals surface area (Å²) in [6.07, 6.45) is -0.372. The van der Waals surface area contributed by atoms with Crippen LogP contribution in [0.25, 0.3) is 0 Å². The molecule has 1 unspecified atom stereocenters. The molecule has 7 nitrogen and oxygen atoms in total. The molecule has 1 aromatic rings. The van der Waals surface area contributed by atoms with E-state index in [1.807, 2.05) is 4.90 Å². The third-order valence-corrected chi connectivity index (χ3v) is 5.64. The average Bonchev–Trinajstić information content (AvgIpc) is 2.94. The van der Waals surface area contributed by atoms with Crippen LogP contribution in [0.2, 0.25) is 0 Å². The number of carbonyl (C=O) groups excluding carboxylic acids is 1. The number of halogens is 3. The minimum atomic E-state index is -4.33. The second-order valence-electron chi connectivity index (χ2n) is 7.36. The molecule has 4 rings (SSSR count). The number of anilines is 1. The van der Waals surface area contributed by atoms with Crippen LogP contribution in [0.3, 0.4) is 0 Å². The van der Waals surface area contributed by atoms with E-state index < -0.39 is 12.7 Å². The van der Waals surface area contributed by atoms with Crippen LogP contribution in [0.1, 0.15) is 6.42 Å². The van der Waals surface area contributed by atoms with Crippen LogP contribution in [0.15, 0.2) is 18.5 Å². The number of hydrogen-bond acceptors (Lipinski definition) is 6. The molecule has 1 atom stereocenters. The summed E-state index contributed by atoms with van der Waals surface area (Å²) in [6, 6.07) is 1.78. The summed E-state index contributed by atoms with van der Waals surface area (Å²) in [6.45, 7) is 4.05. The molecule has 1 amide bonds. The lowest BCUT2D eigenvalue weighted by molar-refractivity contribution is -0.160. The van der Waals surface area contributed by atoms with Crippen LogP contribution < -0.4 is 4.90 Å². The van der Waals surface area contributed by atoms with E-state index in [2.05, 4.69) is 19.8 Å². The van der Waals surface area contributed by atoms with Gasteiger partial charge in [0.25, 0.3) is 0 Å². The van der Waals surface area contributed by atoms with Gasteiger partial charge in [-0.3, -0.25) is 14.6 Å². The van der Waals surface area contributed by atoms with Crippen LogP contribution in [-0.4, -0.2) is 101 Å². The molecular formula is C17H23F3N6O. The van der Waals surface area contributed by atoms with E-state index in [1.54, 1.807) is 18.5 Å². The lowest BCUT2D eigenvalue weighted by Crippen LogP contribution is -2.66. The van der Waals surface area contributed by atoms with Gasteiger partial charge in [-0.15, -0.1) is 0 Å². The molecule has 3 aliphatic rings. The largest absolute Gasteiger partial charge is 0.406 e. The topological polar surface area (TPSA) is 55.8 Å². The fourth-order valence-electron chi connectivity index (χ4n) is 4.15. The Morgan fingerprint density at radius 2 is 1.67 bits per heavy atom. The summed E-state index contributed by atoms with van der Waals surface area (Å²) in [7, 11) is 0. The number of hydrogen-bond donors (Lipinski definition) is 0. The smallest absolute Gasteiger partial charge is 0.338 e. The molecule has 3 aliphatic heterocycles. The first-order chi connectivity index (χ1) is 12.9. The maximum atomic E-state index is 12.5. The molecule has 3 fully saturated rings. The molecule has 3 saturated heterocycles. The number of amides is 1. The Kier molecular flexibility index (Phi) is 4.94. The number of likely N-dealkylation sites (tertiary alicyclic amines) is 2. The summed E-state index contributed by atoms with van der Waals surface area (Å²) < 4.78 is 37.6. The molecule has 10 heteroatoms. The lowest BCUT2D eigenvalue weighted by Gasteiger charge is -2.49. The molecule has 0 N–H and O–H groups in total. The molecule has 4 heterocycles. The standard InChI is InChI=1S/C17H23F3N6O/c18-17(19,20)12-25-5-2-14(15(25)27)26-10-13(11-26)23-6-8-24(9-7-23)16-21-3-1-4-22-16/h1,3-4,13-14H,2,5-12H2. The second-order valence-corrected chi connectivity index (χ2v) is 7.36. The van der Waals surface area contributed by atoms with Crippen LogP contribution in [0.5, 0.6) is 0 Å². The summed E-state index contributed by atoms with van der Waals surface area (Å²) >= 11 is 0. The van der Waals surface area contributed by atoms with Gasteiger partial charge in [-0.25, -0.2) is 9.97 Å². The fraction of sp³-hybridized carbons (Fsp3) is 0.706. The van der Waals surface area contributed by atoms with Gasteiger partial charge in [-0.05, 0) is 12.5 Å². The average molecular weight is 384 g/mol. The predicted octanol–water partition coefficient (Wildman–Crippen LogP) is 0.446. The van der Waals surface area contributed by atoms with E-state index in [0.29, 0.717) is 12.5 Å². The number of alkyl halides is 3. The van der Waals surface area contributed by atoms with E-state index >= 15 is 0 Å². The summed E-state index contributed by atoms with van der Waals surface area (Å²) in [4.78, 5) is 28.3. The van der Waals surface area contributed by atoms with E-state index in [4.69, 9.17) is 0 Å². The van der Waals surface area contributed by atoms with Gasteiger partial charge in [0.05, 0.1) is 6.04 Å². The van der Waals surface area contributed by atoms with Gasteiger partial charge in [0.15, 0.2) is 0 Å². The third kappa shape index (κ3) is 4.01. The lowest BCUT2D eigenvalue weighted by atomic mass is 10.0. The van der Waals surface area contributed by atoms with Gasteiger partial charge in [-0.1, -0.05) is 0 Å². The van der Waals surface area contributed by atoms with Gasteiger partial charge in [0.2, 0.25) is 11.9 Å². The van der Waals surface area contributed by atoms with Crippen molar-refractivity contribution in [3.63, 3.8) is 0 Å². The summed E-state index contributed by atoms with van der Waals surface area (Å²) in [5.74, 6) is 0.366. The molecule has 0 bridgehead atoms. The minimum absolute atomic E-state index is 0.194. The van der Waals surface area contributed by atoms with Crippen molar-refractivity contribution in [2.75, 3.05) is 57.3 Å². The van der Waals surface area contributed by atoms with Crippen molar-refractivity contribution in [3.8, 4) is 0 Å². The quantitative estimate of drug-likeness (QED) is 0.751. The second kappa shape index (κ2) is 7.23. The van der Waals surface area contributed by atoms with Gasteiger partial charge >= 0.3 is 6.18 Å². The Morgan fingerprint density at radius 3 is 2.30 bits per heavy atom. The Hall–Kier alpha value is -1.94. The summed E-state index contributed by atoms with van der Waals surface area (Å²) in [5.41, 5.74) is 0. The number of aromatic nitrogens is 2. The zero-order chi connectivity index (χ0) is 19.0. The van der Waals surface area contributed by atoms with Crippen LogP contribution in [-0.2, 0) is 4.79 Å². The maximum Gasteiger partial charge on any atom is 0.406 e. The molecule has 1 aromatic heterocycles. The first kappa shape index (κ1) is 18.4. The minimum Gasteiger partial charge on any atom is -0.338 e. The Morgan fingerprint density at radius 1 is 1.00 bits per heavy atom. The van der Waals surface area contributed by atoms with Crippen molar-refractivity contribution < 1.29 is 18.0 Å². The van der Waals surface area contributed by atoms with E-state index in [-0.39, 0.29) is 18.5 Å². The molecule has 148 valence electrons. The monoisotopic (exact) mass is 384 g/mol. The molecule has 0 saturated carbocycles. The highest BCUT2D eigenvalue weighted by atomic mass is 19.4. The molecular weight excluding hydrogens is 361 g/mol. The van der Waals surface area contributed by atoms with Gasteiger partial charge in [0, 0.05) is 64.2 Å². The highest BCUT2D eigenvalue weighted by Crippen LogP contribution is 2.28. The van der Waals surface area contributed by atoms with Crippen molar-refractivity contribution in [1.29, 1.82) is 0 Å². The Labute approximate surface area is 155 Å². The van der Waals surface area contributed by atoms with E-state index in [0.717, 1.165) is 50.1 Å². The first-order valence-electron chi connectivity index (χ1n) is 9.26. The third-order valence-electron chi connectivity index (χ3n) is 5.64. The molecule has 0 aromatic carbocycles. The van der Waals surface area contributed by atoms with Crippen molar-refractivity contribution in [2.24, 2.45) is 0 Å². The normalized spacial score (nSPS) is 25.9. The van der Waals surface area contributed by atoms with Gasteiger partial charge < -0.3 is 9.80 Å². The molecule has 0 aliphatic carbocycles. The highest BCUT2D eigenvalue weighted by molar-refractivity contribution is 5.84. The molecule has 0 radical (unpaired) electrons. The molecule has 27 heavy (non-hydrogen) atoms. The number of rotatable bonds is 4. The van der Waals surface area contributed by atoms with Crippen LogP contribution >= 0.6 is 0 Å². The maximum absolute atomic E-state index is 12.5. The van der Waals surface area contributed by atoms with Crippen LogP contribution in [0, 0.1) is 0 Å². The summed E-state index contributed by atoms with van der Waals surface area (Å²) in [5, 5.41) is 0. The SMILES string of the molecule is O=C1C(N2CC(N3CCN(c4ncccn4)CC3)C2)CCN1CC(F)(F)F. The number of nitrogens with zero attached hydrogens (tertiary/aromatic N) is 6. The van der Waals surface area contributed by atoms with Gasteiger partial charge in [-0.2, -0.15) is 13.2 Å². The van der Waals surface area contributed by atoms with Crippen molar-refractivity contribution >= 4 is 11.9 Å². The Balaban J connectivity index is 1.23. The number of piperazine rings is 1. The van der Waals surface area contributed by atoms with Gasteiger partial charge in [0.1, 0.15) is 6.54 Å². The fourth-order valence-corrected chi connectivity index (χ4v) is 4.15. The first-order valence-corrected chi connectivity index (χ1v) is 9.26. The Bertz CT molecular complexity index is 658. The molecule has 0 spiro atoms. The highest BCUT2D eigenvalue weighted by Gasteiger charge is 2.45. The van der Waals surface area contributed by atoms with E-state index in [1.165, 1.54) is 0 Å². The zero-order valence-corrected chi connectivity index (χ0v) is 15.0. The number of carbonyl (C=O) groups is 1. The zero-order valence-electron chi connectivity index (χ0n) is 15.0. The van der Waals surface area contributed by atoms with Crippen molar-refractivity contribution in [3.05, 3.63) is 18.5 Å². The van der Waals surface area contributed by atoms with Crippen molar-refractivity contribution in [1.82, 2.24) is 24.7 Å². The van der Waals surface area contributed by atoms with Crippen molar-refractivity contribution in [2.45, 2.75) is 24.7 Å².